The highest BCUT2D eigenvalue weighted by Gasteiger charge is 2.18. The molecule has 0 spiro atoms. The van der Waals surface area contributed by atoms with Gasteiger partial charge in [0.2, 0.25) is 5.82 Å². The minimum absolute atomic E-state index is 0.0937. The highest BCUT2D eigenvalue weighted by atomic mass is 35.5. The Balaban J connectivity index is 1.54. The third kappa shape index (κ3) is 5.85. The molecule has 1 heterocycles. The molecular weight excluding hydrogens is 475 g/mol. The molecule has 0 amide bonds. The summed E-state index contributed by atoms with van der Waals surface area (Å²) in [6.45, 7) is -0.260. The molecule has 4 rings (SSSR count). The summed E-state index contributed by atoms with van der Waals surface area (Å²) in [6, 6.07) is 17.6. The summed E-state index contributed by atoms with van der Waals surface area (Å²) in [5.41, 5.74) is 2.02. The van der Waals surface area contributed by atoms with Gasteiger partial charge in [-0.3, -0.25) is 0 Å². The number of carbonyl (C=O) groups excluding carboxylic acids is 1. The molecule has 3 aromatic carbocycles. The first-order valence-corrected chi connectivity index (χ1v) is 10.8. The van der Waals surface area contributed by atoms with E-state index in [0.29, 0.717) is 27.6 Å². The van der Waals surface area contributed by atoms with Crippen molar-refractivity contribution in [3.8, 4) is 22.9 Å². The SMILES string of the molecule is COc1ccc(-c2noc(COC(=O)C(=Cc3ccc(Cl)cc3)c3ccc(F)cc3)n2)c(OC)c1. The highest BCUT2D eigenvalue weighted by Crippen LogP contribution is 2.31. The predicted octanol–water partition coefficient (Wildman–Crippen LogP) is 5.83. The third-order valence-electron chi connectivity index (χ3n) is 5.00. The smallest absolute Gasteiger partial charge is 0.339 e. The zero-order valence-electron chi connectivity index (χ0n) is 18.8. The lowest BCUT2D eigenvalue weighted by Crippen LogP contribution is -2.08. The second-order valence-electron chi connectivity index (χ2n) is 7.27. The first-order valence-electron chi connectivity index (χ1n) is 10.4. The maximum atomic E-state index is 13.4. The molecule has 0 bridgehead atoms. The zero-order chi connectivity index (χ0) is 24.8. The monoisotopic (exact) mass is 494 g/mol. The van der Waals surface area contributed by atoms with Gasteiger partial charge in [-0.15, -0.1) is 0 Å². The van der Waals surface area contributed by atoms with E-state index in [-0.39, 0.29) is 23.9 Å². The van der Waals surface area contributed by atoms with Crippen molar-refractivity contribution in [1.82, 2.24) is 10.1 Å². The fourth-order valence-electron chi connectivity index (χ4n) is 3.23. The van der Waals surface area contributed by atoms with Gasteiger partial charge < -0.3 is 18.7 Å². The standard InChI is InChI=1S/C26H20ClFN2O5/c1-32-20-11-12-21(23(14-20)33-2)25-29-24(35-30-25)15-34-26(31)22(17-5-9-19(28)10-6-17)13-16-3-7-18(27)8-4-16/h3-14H,15H2,1-2H3. The lowest BCUT2D eigenvalue weighted by molar-refractivity contribution is -0.138. The van der Waals surface area contributed by atoms with Gasteiger partial charge in [0, 0.05) is 11.1 Å². The summed E-state index contributed by atoms with van der Waals surface area (Å²) in [4.78, 5) is 17.3. The minimum Gasteiger partial charge on any atom is -0.497 e. The molecule has 0 aliphatic rings. The number of aromatic nitrogens is 2. The Bertz CT molecular complexity index is 1350. The fraction of sp³-hybridized carbons (Fsp3) is 0.115. The number of rotatable bonds is 8. The van der Waals surface area contributed by atoms with Crippen LogP contribution in [0, 0.1) is 5.82 Å². The number of methoxy groups -OCH3 is 2. The number of halogens is 2. The molecule has 0 fully saturated rings. The van der Waals surface area contributed by atoms with Crippen LogP contribution >= 0.6 is 11.6 Å². The quantitative estimate of drug-likeness (QED) is 0.173. The Morgan fingerprint density at radius 2 is 1.77 bits per heavy atom. The van der Waals surface area contributed by atoms with Crippen molar-refractivity contribution in [2.45, 2.75) is 6.61 Å². The van der Waals surface area contributed by atoms with Gasteiger partial charge in [-0.2, -0.15) is 4.98 Å². The number of benzene rings is 3. The lowest BCUT2D eigenvalue weighted by Gasteiger charge is -2.08. The van der Waals surface area contributed by atoms with Gasteiger partial charge in [-0.05, 0) is 53.6 Å². The maximum absolute atomic E-state index is 13.4. The van der Waals surface area contributed by atoms with Crippen LogP contribution in [0.4, 0.5) is 4.39 Å². The van der Waals surface area contributed by atoms with Crippen LogP contribution in [0.3, 0.4) is 0 Å². The topological polar surface area (TPSA) is 83.7 Å². The van der Waals surface area contributed by atoms with Gasteiger partial charge in [0.1, 0.15) is 17.3 Å². The van der Waals surface area contributed by atoms with Crippen LogP contribution in [0.1, 0.15) is 17.0 Å². The van der Waals surface area contributed by atoms with E-state index in [2.05, 4.69) is 10.1 Å². The second-order valence-corrected chi connectivity index (χ2v) is 7.71. The number of hydrogen-bond acceptors (Lipinski definition) is 7. The van der Waals surface area contributed by atoms with Crippen molar-refractivity contribution in [3.63, 3.8) is 0 Å². The first-order chi connectivity index (χ1) is 17.0. The molecule has 0 aliphatic carbocycles. The highest BCUT2D eigenvalue weighted by molar-refractivity contribution is 6.30. The summed E-state index contributed by atoms with van der Waals surface area (Å²) in [6.07, 6.45) is 1.63. The van der Waals surface area contributed by atoms with Crippen LogP contribution in [0.25, 0.3) is 23.0 Å². The number of esters is 1. The van der Waals surface area contributed by atoms with Crippen molar-refractivity contribution >= 4 is 29.2 Å². The van der Waals surface area contributed by atoms with Crippen molar-refractivity contribution < 1.29 is 27.9 Å². The largest absolute Gasteiger partial charge is 0.497 e. The summed E-state index contributed by atoms with van der Waals surface area (Å²) < 4.78 is 34.7. The first kappa shape index (κ1) is 24.0. The molecule has 0 N–H and O–H groups in total. The lowest BCUT2D eigenvalue weighted by atomic mass is 10.0. The van der Waals surface area contributed by atoms with E-state index in [9.17, 15) is 9.18 Å². The summed E-state index contributed by atoms with van der Waals surface area (Å²) in [7, 11) is 3.07. The molecule has 0 aliphatic heterocycles. The van der Waals surface area contributed by atoms with E-state index < -0.39 is 11.8 Å². The van der Waals surface area contributed by atoms with E-state index in [4.69, 9.17) is 30.3 Å². The number of nitrogens with zero attached hydrogens (tertiary/aromatic N) is 2. The van der Waals surface area contributed by atoms with Crippen LogP contribution in [-0.2, 0) is 16.1 Å². The molecule has 1 aromatic heterocycles. The third-order valence-corrected chi connectivity index (χ3v) is 5.25. The van der Waals surface area contributed by atoms with E-state index in [0.717, 1.165) is 5.56 Å². The van der Waals surface area contributed by atoms with Gasteiger partial charge in [-0.1, -0.05) is 41.0 Å². The van der Waals surface area contributed by atoms with Crippen LogP contribution in [0.15, 0.2) is 71.3 Å². The zero-order valence-corrected chi connectivity index (χ0v) is 19.6. The van der Waals surface area contributed by atoms with Crippen LogP contribution in [0.5, 0.6) is 11.5 Å². The van der Waals surface area contributed by atoms with Crippen molar-refractivity contribution in [2.75, 3.05) is 14.2 Å². The van der Waals surface area contributed by atoms with E-state index >= 15 is 0 Å². The Labute approximate surface area is 205 Å². The number of hydrogen-bond donors (Lipinski definition) is 0. The Hall–Kier alpha value is -4.17. The maximum Gasteiger partial charge on any atom is 0.339 e. The second kappa shape index (κ2) is 10.8. The van der Waals surface area contributed by atoms with Gasteiger partial charge in [-0.25, -0.2) is 9.18 Å². The molecule has 0 unspecified atom stereocenters. The average Bonchev–Trinajstić information content (AvgIpc) is 3.36. The molecule has 9 heteroatoms. The molecule has 0 saturated carbocycles. The fourth-order valence-corrected chi connectivity index (χ4v) is 3.35. The van der Waals surface area contributed by atoms with Gasteiger partial charge in [0.05, 0.1) is 25.4 Å². The summed E-state index contributed by atoms with van der Waals surface area (Å²) in [5, 5.41) is 4.51. The Morgan fingerprint density at radius 3 is 2.46 bits per heavy atom. The average molecular weight is 495 g/mol. The van der Waals surface area contributed by atoms with Crippen LogP contribution in [0.2, 0.25) is 5.02 Å². The van der Waals surface area contributed by atoms with E-state index in [1.165, 1.54) is 31.4 Å². The molecule has 0 atom stereocenters. The molecular formula is C26H20ClFN2O5. The van der Waals surface area contributed by atoms with Gasteiger partial charge >= 0.3 is 5.97 Å². The van der Waals surface area contributed by atoms with Crippen molar-refractivity contribution in [2.24, 2.45) is 0 Å². The van der Waals surface area contributed by atoms with Crippen molar-refractivity contribution in [1.29, 1.82) is 0 Å². The van der Waals surface area contributed by atoms with Gasteiger partial charge in [0.25, 0.3) is 5.89 Å². The molecule has 0 radical (unpaired) electrons. The van der Waals surface area contributed by atoms with Crippen LogP contribution < -0.4 is 9.47 Å². The molecule has 0 saturated heterocycles. The minimum atomic E-state index is -0.645. The molecule has 35 heavy (non-hydrogen) atoms. The normalized spacial score (nSPS) is 11.3. The predicted molar refractivity (Wildman–Crippen MR) is 128 cm³/mol. The Kier molecular flexibility index (Phi) is 7.42. The number of ether oxygens (including phenoxy) is 3. The molecule has 178 valence electrons. The molecule has 7 nitrogen and oxygen atoms in total. The molecule has 4 aromatic rings. The Morgan fingerprint density at radius 1 is 1.03 bits per heavy atom. The van der Waals surface area contributed by atoms with Crippen molar-refractivity contribution in [3.05, 3.63) is 94.6 Å². The summed E-state index contributed by atoms with van der Waals surface area (Å²) >= 11 is 5.95. The van der Waals surface area contributed by atoms with E-state index in [1.807, 2.05) is 0 Å². The summed E-state index contributed by atoms with van der Waals surface area (Å²) in [5.74, 6) is 0.415. The van der Waals surface area contributed by atoms with E-state index in [1.54, 1.807) is 55.7 Å². The van der Waals surface area contributed by atoms with Gasteiger partial charge in [0.15, 0.2) is 6.61 Å². The van der Waals surface area contributed by atoms with Crippen LogP contribution in [-0.4, -0.2) is 30.3 Å². The number of carbonyl (C=O) groups is 1.